The van der Waals surface area contributed by atoms with Gasteiger partial charge in [0.1, 0.15) is 0 Å². The van der Waals surface area contributed by atoms with E-state index in [4.69, 9.17) is 23.2 Å². The number of carbonyl (C=O) groups is 2. The molecule has 1 heterocycles. The molecule has 2 aromatic carbocycles. The van der Waals surface area contributed by atoms with Crippen LogP contribution < -0.4 is 5.32 Å². The summed E-state index contributed by atoms with van der Waals surface area (Å²) in [5, 5.41) is 3.10. The normalized spacial score (nSPS) is 14.5. The van der Waals surface area contributed by atoms with Gasteiger partial charge in [-0.25, -0.2) is 12.7 Å². The molecule has 0 unspecified atom stereocenters. The molecule has 166 valence electrons. The fraction of sp³-hybridized carbons (Fsp3) is 0.333. The van der Waals surface area contributed by atoms with Crippen LogP contribution in [0.1, 0.15) is 40.0 Å². The number of piperidine rings is 1. The highest BCUT2D eigenvalue weighted by atomic mass is 35.5. The maximum Gasteiger partial charge on any atom is 0.257 e. The van der Waals surface area contributed by atoms with Crippen molar-refractivity contribution in [3.05, 3.63) is 57.6 Å². The summed E-state index contributed by atoms with van der Waals surface area (Å²) in [5.41, 5.74) is 0.527. The molecule has 0 bridgehead atoms. The molecule has 1 aliphatic rings. The van der Waals surface area contributed by atoms with E-state index in [1.54, 1.807) is 17.0 Å². The third-order valence-corrected chi connectivity index (χ3v) is 7.44. The van der Waals surface area contributed by atoms with Crippen LogP contribution in [0.5, 0.6) is 0 Å². The van der Waals surface area contributed by atoms with Crippen molar-refractivity contribution in [2.75, 3.05) is 32.5 Å². The fourth-order valence-electron chi connectivity index (χ4n) is 3.31. The summed E-state index contributed by atoms with van der Waals surface area (Å²) in [5.74, 6) is -0.836. The summed E-state index contributed by atoms with van der Waals surface area (Å²) in [6.45, 7) is 1.32. The van der Waals surface area contributed by atoms with Gasteiger partial charge in [-0.05, 0) is 55.7 Å². The van der Waals surface area contributed by atoms with E-state index < -0.39 is 15.9 Å². The zero-order valence-electron chi connectivity index (χ0n) is 17.2. The Morgan fingerprint density at radius 2 is 1.65 bits per heavy atom. The number of likely N-dealkylation sites (tertiary alicyclic amines) is 1. The summed E-state index contributed by atoms with van der Waals surface area (Å²) < 4.78 is 25.9. The molecule has 1 aliphatic heterocycles. The summed E-state index contributed by atoms with van der Waals surface area (Å²) in [4.78, 5) is 27.7. The van der Waals surface area contributed by atoms with E-state index in [1.165, 1.54) is 38.4 Å². The van der Waals surface area contributed by atoms with Gasteiger partial charge in [-0.1, -0.05) is 23.2 Å². The average molecular weight is 484 g/mol. The molecule has 0 atom stereocenters. The molecule has 10 heteroatoms. The van der Waals surface area contributed by atoms with Crippen LogP contribution in [0.2, 0.25) is 10.0 Å². The lowest BCUT2D eigenvalue weighted by Gasteiger charge is -2.27. The van der Waals surface area contributed by atoms with Gasteiger partial charge in [0.15, 0.2) is 0 Å². The molecule has 1 saturated heterocycles. The molecule has 7 nitrogen and oxygen atoms in total. The molecule has 2 amide bonds. The number of rotatable bonds is 5. The number of sulfonamides is 1. The summed E-state index contributed by atoms with van der Waals surface area (Å²) in [7, 11) is -0.959. The van der Waals surface area contributed by atoms with E-state index in [-0.39, 0.29) is 27.1 Å². The van der Waals surface area contributed by atoms with E-state index in [0.29, 0.717) is 23.7 Å². The number of halogens is 2. The van der Waals surface area contributed by atoms with Crippen molar-refractivity contribution in [3.63, 3.8) is 0 Å². The van der Waals surface area contributed by atoms with Crippen molar-refractivity contribution >= 4 is 50.7 Å². The van der Waals surface area contributed by atoms with Gasteiger partial charge in [0, 0.05) is 32.2 Å². The van der Waals surface area contributed by atoms with Crippen LogP contribution in [0.3, 0.4) is 0 Å². The highest BCUT2D eigenvalue weighted by Crippen LogP contribution is 2.27. The molecule has 0 spiro atoms. The Morgan fingerprint density at radius 1 is 0.968 bits per heavy atom. The SMILES string of the molecule is CN(C)S(=O)(=O)c1ccc(Cl)c(C(=O)Nc2cc(Cl)ccc2C(=O)N2CCCCC2)c1. The monoisotopic (exact) mass is 483 g/mol. The fourth-order valence-corrected chi connectivity index (χ4v) is 4.62. The van der Waals surface area contributed by atoms with E-state index in [0.717, 1.165) is 23.6 Å². The molecular formula is C21H23Cl2N3O4S. The van der Waals surface area contributed by atoms with Gasteiger partial charge in [-0.3, -0.25) is 9.59 Å². The predicted molar refractivity (Wildman–Crippen MR) is 121 cm³/mol. The van der Waals surface area contributed by atoms with Crippen LogP contribution in [0.15, 0.2) is 41.3 Å². The van der Waals surface area contributed by atoms with Crippen molar-refractivity contribution in [1.29, 1.82) is 0 Å². The molecule has 1 N–H and O–H groups in total. The van der Waals surface area contributed by atoms with Crippen molar-refractivity contribution in [1.82, 2.24) is 9.21 Å². The van der Waals surface area contributed by atoms with Crippen LogP contribution in [-0.2, 0) is 10.0 Å². The van der Waals surface area contributed by atoms with Gasteiger partial charge < -0.3 is 10.2 Å². The first-order valence-electron chi connectivity index (χ1n) is 9.73. The third-order valence-electron chi connectivity index (χ3n) is 5.06. The minimum absolute atomic E-state index is 0.0269. The highest BCUT2D eigenvalue weighted by Gasteiger charge is 2.24. The molecule has 1 fully saturated rings. The Bertz CT molecular complexity index is 1110. The maximum atomic E-state index is 13.0. The van der Waals surface area contributed by atoms with Gasteiger partial charge in [-0.2, -0.15) is 0 Å². The Morgan fingerprint density at radius 3 is 2.29 bits per heavy atom. The second kappa shape index (κ2) is 9.56. The number of amides is 2. The van der Waals surface area contributed by atoms with Crippen LogP contribution in [0.25, 0.3) is 0 Å². The molecule has 0 aromatic heterocycles. The lowest BCUT2D eigenvalue weighted by atomic mass is 10.1. The molecule has 0 radical (unpaired) electrons. The van der Waals surface area contributed by atoms with Crippen molar-refractivity contribution in [2.45, 2.75) is 24.2 Å². The third kappa shape index (κ3) is 5.20. The van der Waals surface area contributed by atoms with E-state index >= 15 is 0 Å². The number of anilines is 1. The minimum Gasteiger partial charge on any atom is -0.339 e. The van der Waals surface area contributed by atoms with Crippen molar-refractivity contribution in [3.8, 4) is 0 Å². The number of hydrogen-bond donors (Lipinski definition) is 1. The molecular weight excluding hydrogens is 461 g/mol. The standard InChI is InChI=1S/C21H23Cl2N3O4S/c1-25(2)31(29,30)15-7-9-18(23)17(13-15)20(27)24-19-12-14(22)6-8-16(19)21(28)26-10-4-3-5-11-26/h6-9,12-13H,3-5,10-11H2,1-2H3,(H,24,27). The second-order valence-corrected chi connectivity index (χ2v) is 10.4. The van der Waals surface area contributed by atoms with Gasteiger partial charge in [0.05, 0.1) is 26.7 Å². The first-order valence-corrected chi connectivity index (χ1v) is 11.9. The predicted octanol–water partition coefficient (Wildman–Crippen LogP) is 4.12. The quantitative estimate of drug-likeness (QED) is 0.692. The Kier molecular flexibility index (Phi) is 7.26. The minimum atomic E-state index is -3.75. The number of benzene rings is 2. The molecule has 31 heavy (non-hydrogen) atoms. The van der Waals surface area contributed by atoms with Crippen LogP contribution in [0.4, 0.5) is 5.69 Å². The van der Waals surface area contributed by atoms with Crippen LogP contribution in [0, 0.1) is 0 Å². The molecule has 0 aliphatic carbocycles. The van der Waals surface area contributed by atoms with Crippen molar-refractivity contribution in [2.24, 2.45) is 0 Å². The smallest absolute Gasteiger partial charge is 0.257 e. The van der Waals surface area contributed by atoms with E-state index in [2.05, 4.69) is 5.32 Å². The first kappa shape index (κ1) is 23.5. The van der Waals surface area contributed by atoms with Crippen LogP contribution >= 0.6 is 23.2 Å². The zero-order valence-corrected chi connectivity index (χ0v) is 19.5. The summed E-state index contributed by atoms with van der Waals surface area (Å²) >= 11 is 12.3. The summed E-state index contributed by atoms with van der Waals surface area (Å²) in [6.07, 6.45) is 2.95. The maximum absolute atomic E-state index is 13.0. The van der Waals surface area contributed by atoms with E-state index in [9.17, 15) is 18.0 Å². The lowest BCUT2D eigenvalue weighted by molar-refractivity contribution is 0.0725. The molecule has 0 saturated carbocycles. The van der Waals surface area contributed by atoms with Gasteiger partial charge in [0.25, 0.3) is 11.8 Å². The number of nitrogens with one attached hydrogen (secondary N) is 1. The second-order valence-electron chi connectivity index (χ2n) is 7.43. The average Bonchev–Trinajstić information content (AvgIpc) is 2.74. The van der Waals surface area contributed by atoms with Gasteiger partial charge >= 0.3 is 0 Å². The topological polar surface area (TPSA) is 86.8 Å². The Balaban J connectivity index is 1.94. The van der Waals surface area contributed by atoms with E-state index in [1.807, 2.05) is 0 Å². The lowest BCUT2D eigenvalue weighted by Crippen LogP contribution is -2.36. The number of hydrogen-bond acceptors (Lipinski definition) is 4. The molecule has 2 aromatic rings. The van der Waals surface area contributed by atoms with Gasteiger partial charge in [0.2, 0.25) is 10.0 Å². The summed E-state index contributed by atoms with van der Waals surface area (Å²) in [6, 6.07) is 8.55. The number of carbonyl (C=O) groups excluding carboxylic acids is 2. The zero-order chi connectivity index (χ0) is 22.8. The van der Waals surface area contributed by atoms with Gasteiger partial charge in [-0.15, -0.1) is 0 Å². The first-order chi connectivity index (χ1) is 14.6. The Hall–Kier alpha value is -2.13. The highest BCUT2D eigenvalue weighted by molar-refractivity contribution is 7.89. The Labute approximate surface area is 192 Å². The largest absolute Gasteiger partial charge is 0.339 e. The van der Waals surface area contributed by atoms with Crippen molar-refractivity contribution < 1.29 is 18.0 Å². The van der Waals surface area contributed by atoms with Crippen LogP contribution in [-0.4, -0.2) is 56.6 Å². The molecule has 3 rings (SSSR count). The number of nitrogens with zero attached hydrogens (tertiary/aromatic N) is 2.